The van der Waals surface area contributed by atoms with Crippen LogP contribution in [0.5, 0.6) is 5.75 Å². The summed E-state index contributed by atoms with van der Waals surface area (Å²) in [5.74, 6) is -0.902. The highest BCUT2D eigenvalue weighted by molar-refractivity contribution is 5.67. The van der Waals surface area contributed by atoms with Gasteiger partial charge in [0.2, 0.25) is 0 Å². The SMILES string of the molecule is COc1ccc(-c2cccc(C(F)(F)F)c2F)cc1CC#N. The van der Waals surface area contributed by atoms with Gasteiger partial charge in [0.05, 0.1) is 25.2 Å². The van der Waals surface area contributed by atoms with Crippen molar-refractivity contribution in [1.29, 1.82) is 5.26 Å². The Hall–Kier alpha value is -2.55. The first kappa shape index (κ1) is 15.8. The van der Waals surface area contributed by atoms with Crippen molar-refractivity contribution >= 4 is 0 Å². The van der Waals surface area contributed by atoms with E-state index in [9.17, 15) is 17.6 Å². The van der Waals surface area contributed by atoms with Gasteiger partial charge in [0.1, 0.15) is 11.6 Å². The van der Waals surface area contributed by atoms with Gasteiger partial charge in [0.25, 0.3) is 0 Å². The molecule has 0 radical (unpaired) electrons. The largest absolute Gasteiger partial charge is 0.496 e. The van der Waals surface area contributed by atoms with E-state index in [0.717, 1.165) is 6.07 Å². The lowest BCUT2D eigenvalue weighted by Crippen LogP contribution is -2.08. The van der Waals surface area contributed by atoms with Crippen LogP contribution in [0.4, 0.5) is 17.6 Å². The van der Waals surface area contributed by atoms with Crippen LogP contribution in [0.25, 0.3) is 11.1 Å². The number of nitrogens with zero attached hydrogens (tertiary/aromatic N) is 1. The number of methoxy groups -OCH3 is 1. The molecule has 0 atom stereocenters. The van der Waals surface area contributed by atoms with Gasteiger partial charge in [-0.05, 0) is 23.8 Å². The van der Waals surface area contributed by atoms with Crippen LogP contribution in [-0.4, -0.2) is 7.11 Å². The number of hydrogen-bond donors (Lipinski definition) is 0. The molecule has 2 rings (SSSR count). The number of benzene rings is 2. The van der Waals surface area contributed by atoms with Crippen molar-refractivity contribution in [2.45, 2.75) is 12.6 Å². The summed E-state index contributed by atoms with van der Waals surface area (Å²) in [4.78, 5) is 0. The summed E-state index contributed by atoms with van der Waals surface area (Å²) >= 11 is 0. The van der Waals surface area contributed by atoms with Gasteiger partial charge >= 0.3 is 6.18 Å². The van der Waals surface area contributed by atoms with E-state index in [4.69, 9.17) is 10.00 Å². The van der Waals surface area contributed by atoms with Gasteiger partial charge in [-0.25, -0.2) is 4.39 Å². The molecule has 0 spiro atoms. The highest BCUT2D eigenvalue weighted by atomic mass is 19.4. The van der Waals surface area contributed by atoms with Gasteiger partial charge in [0.15, 0.2) is 0 Å². The quantitative estimate of drug-likeness (QED) is 0.777. The van der Waals surface area contributed by atoms with Crippen LogP contribution in [0.1, 0.15) is 11.1 Å². The molecule has 0 heterocycles. The standard InChI is InChI=1S/C16H11F4NO/c1-22-14-6-5-10(9-11(14)7-8-21)12-3-2-4-13(15(12)17)16(18,19)20/h2-6,9H,7H2,1H3. The number of nitriles is 1. The summed E-state index contributed by atoms with van der Waals surface area (Å²) < 4.78 is 57.5. The summed E-state index contributed by atoms with van der Waals surface area (Å²) in [6, 6.07) is 9.46. The zero-order valence-corrected chi connectivity index (χ0v) is 11.5. The van der Waals surface area contributed by atoms with E-state index in [0.29, 0.717) is 17.4 Å². The smallest absolute Gasteiger partial charge is 0.419 e. The number of rotatable bonds is 3. The maximum atomic E-state index is 14.1. The summed E-state index contributed by atoms with van der Waals surface area (Å²) in [6.07, 6.45) is -4.75. The first-order valence-electron chi connectivity index (χ1n) is 6.28. The Labute approximate surface area is 124 Å². The summed E-state index contributed by atoms with van der Waals surface area (Å²) in [5.41, 5.74) is -0.742. The van der Waals surface area contributed by atoms with Crippen LogP contribution in [0, 0.1) is 17.1 Å². The average Bonchev–Trinajstić information content (AvgIpc) is 2.46. The Morgan fingerprint density at radius 2 is 1.91 bits per heavy atom. The van der Waals surface area contributed by atoms with Gasteiger partial charge in [0, 0.05) is 11.1 Å². The van der Waals surface area contributed by atoms with Crippen molar-refractivity contribution in [2.24, 2.45) is 0 Å². The van der Waals surface area contributed by atoms with E-state index in [1.54, 1.807) is 0 Å². The predicted molar refractivity (Wildman–Crippen MR) is 72.7 cm³/mol. The molecule has 0 saturated heterocycles. The highest BCUT2D eigenvalue weighted by Crippen LogP contribution is 2.36. The van der Waals surface area contributed by atoms with Crippen LogP contribution in [0.15, 0.2) is 36.4 Å². The van der Waals surface area contributed by atoms with Crippen molar-refractivity contribution < 1.29 is 22.3 Å². The van der Waals surface area contributed by atoms with Crippen LogP contribution in [0.3, 0.4) is 0 Å². The molecule has 114 valence electrons. The van der Waals surface area contributed by atoms with Crippen molar-refractivity contribution in [3.8, 4) is 22.9 Å². The maximum absolute atomic E-state index is 14.1. The molecule has 0 aliphatic carbocycles. The van der Waals surface area contributed by atoms with Crippen molar-refractivity contribution in [1.82, 2.24) is 0 Å². The fourth-order valence-electron chi connectivity index (χ4n) is 2.14. The number of halogens is 4. The third-order valence-corrected chi connectivity index (χ3v) is 3.17. The Morgan fingerprint density at radius 1 is 1.18 bits per heavy atom. The molecule has 6 heteroatoms. The second-order valence-corrected chi connectivity index (χ2v) is 4.53. The van der Waals surface area contributed by atoms with Crippen LogP contribution < -0.4 is 4.74 Å². The summed E-state index contributed by atoms with van der Waals surface area (Å²) in [7, 11) is 1.42. The molecule has 0 fully saturated rings. The zero-order valence-electron chi connectivity index (χ0n) is 11.5. The van der Waals surface area contributed by atoms with Crippen molar-refractivity contribution in [3.63, 3.8) is 0 Å². The van der Waals surface area contributed by atoms with E-state index in [-0.39, 0.29) is 17.5 Å². The lowest BCUT2D eigenvalue weighted by molar-refractivity contribution is -0.139. The van der Waals surface area contributed by atoms with Gasteiger partial charge in [-0.2, -0.15) is 18.4 Å². The Morgan fingerprint density at radius 3 is 2.50 bits per heavy atom. The molecular formula is C16H11F4NO. The molecule has 0 amide bonds. The lowest BCUT2D eigenvalue weighted by Gasteiger charge is -2.13. The normalized spacial score (nSPS) is 11.1. The van der Waals surface area contributed by atoms with Crippen molar-refractivity contribution in [3.05, 3.63) is 53.3 Å². The van der Waals surface area contributed by atoms with E-state index in [1.165, 1.54) is 31.4 Å². The molecule has 2 nitrogen and oxygen atoms in total. The third-order valence-electron chi connectivity index (χ3n) is 3.17. The average molecular weight is 309 g/mol. The molecular weight excluding hydrogens is 298 g/mol. The lowest BCUT2D eigenvalue weighted by atomic mass is 9.98. The highest BCUT2D eigenvalue weighted by Gasteiger charge is 2.34. The fraction of sp³-hybridized carbons (Fsp3) is 0.188. The van der Waals surface area contributed by atoms with Crippen molar-refractivity contribution in [2.75, 3.05) is 7.11 Å². The molecule has 0 unspecified atom stereocenters. The Bertz CT molecular complexity index is 732. The molecule has 0 aromatic heterocycles. The van der Waals surface area contributed by atoms with Gasteiger partial charge in [-0.15, -0.1) is 0 Å². The van der Waals surface area contributed by atoms with Gasteiger partial charge in [-0.1, -0.05) is 18.2 Å². The van der Waals surface area contributed by atoms with Gasteiger partial charge in [-0.3, -0.25) is 0 Å². The summed E-state index contributed by atoms with van der Waals surface area (Å²) in [6.45, 7) is 0. The van der Waals surface area contributed by atoms with E-state index in [1.807, 2.05) is 6.07 Å². The first-order chi connectivity index (χ1) is 10.4. The number of alkyl halides is 3. The predicted octanol–water partition coefficient (Wildman–Crippen LogP) is 4.59. The van der Waals surface area contributed by atoms with E-state index in [2.05, 4.69) is 0 Å². The molecule has 2 aromatic carbocycles. The molecule has 2 aromatic rings. The molecule has 0 saturated carbocycles. The van der Waals surface area contributed by atoms with Crippen LogP contribution >= 0.6 is 0 Å². The molecule has 0 aliphatic heterocycles. The van der Waals surface area contributed by atoms with E-state index < -0.39 is 17.6 Å². The minimum Gasteiger partial charge on any atom is -0.496 e. The summed E-state index contributed by atoms with van der Waals surface area (Å²) in [5, 5.41) is 8.78. The number of hydrogen-bond acceptors (Lipinski definition) is 2. The van der Waals surface area contributed by atoms with Gasteiger partial charge < -0.3 is 4.74 Å². The zero-order chi connectivity index (χ0) is 16.3. The molecule has 22 heavy (non-hydrogen) atoms. The Balaban J connectivity index is 2.58. The van der Waals surface area contributed by atoms with Crippen LogP contribution in [-0.2, 0) is 12.6 Å². The van der Waals surface area contributed by atoms with E-state index >= 15 is 0 Å². The fourth-order valence-corrected chi connectivity index (χ4v) is 2.14. The first-order valence-corrected chi connectivity index (χ1v) is 6.28. The second-order valence-electron chi connectivity index (χ2n) is 4.53. The monoisotopic (exact) mass is 309 g/mol. The minimum atomic E-state index is -4.76. The topological polar surface area (TPSA) is 33.0 Å². The van der Waals surface area contributed by atoms with Crippen LogP contribution in [0.2, 0.25) is 0 Å². The second kappa shape index (κ2) is 6.06. The third kappa shape index (κ3) is 3.03. The molecule has 0 aliphatic rings. The molecule has 0 bridgehead atoms. The Kier molecular flexibility index (Phi) is 4.36. The minimum absolute atomic E-state index is 0.0115. The maximum Gasteiger partial charge on any atom is 0.419 e. The molecule has 0 N–H and O–H groups in total. The number of ether oxygens (including phenoxy) is 1.